The molecule has 0 radical (unpaired) electrons. The topological polar surface area (TPSA) is 117 Å². The lowest BCUT2D eigenvalue weighted by atomic mass is 10.2. The highest BCUT2D eigenvalue weighted by molar-refractivity contribution is 5.69. The van der Waals surface area contributed by atoms with Gasteiger partial charge in [0.2, 0.25) is 0 Å². The predicted molar refractivity (Wildman–Crippen MR) is 127 cm³/mol. The third-order valence-corrected chi connectivity index (χ3v) is 4.86. The zero-order valence-corrected chi connectivity index (χ0v) is 19.3. The van der Waals surface area contributed by atoms with Crippen molar-refractivity contribution in [3.63, 3.8) is 0 Å². The van der Waals surface area contributed by atoms with Gasteiger partial charge in [0, 0.05) is 19.6 Å². The molecular formula is C25H33N3O6. The number of carboxylic acids is 1. The summed E-state index contributed by atoms with van der Waals surface area (Å²) in [7, 11) is 0. The first-order valence-corrected chi connectivity index (χ1v) is 11.4. The van der Waals surface area contributed by atoms with E-state index in [1.807, 2.05) is 60.7 Å². The molecule has 0 aliphatic rings. The minimum atomic E-state index is -0.902. The first-order chi connectivity index (χ1) is 16.5. The number of hydrogen-bond donors (Lipinski definition) is 3. The van der Waals surface area contributed by atoms with Crippen molar-refractivity contribution in [3.05, 3.63) is 71.8 Å². The van der Waals surface area contributed by atoms with Crippen LogP contribution < -0.4 is 10.6 Å². The summed E-state index contributed by atoms with van der Waals surface area (Å²) in [4.78, 5) is 36.7. The number of alkyl carbamates (subject to hydrolysis) is 1. The molecule has 0 saturated carbocycles. The van der Waals surface area contributed by atoms with Crippen LogP contribution in [0.2, 0.25) is 0 Å². The smallest absolute Gasteiger partial charge is 0.410 e. The lowest BCUT2D eigenvalue weighted by Crippen LogP contribution is -2.36. The van der Waals surface area contributed by atoms with Crippen LogP contribution in [-0.4, -0.2) is 60.9 Å². The van der Waals surface area contributed by atoms with E-state index in [1.165, 1.54) is 0 Å². The summed E-state index contributed by atoms with van der Waals surface area (Å²) in [6.07, 6.45) is 1.03. The third-order valence-electron chi connectivity index (χ3n) is 4.86. The van der Waals surface area contributed by atoms with Crippen LogP contribution >= 0.6 is 0 Å². The number of nitrogens with one attached hydrogen (secondary N) is 2. The average molecular weight is 472 g/mol. The Kier molecular flexibility index (Phi) is 12.6. The van der Waals surface area contributed by atoms with E-state index in [0.29, 0.717) is 39.0 Å². The summed E-state index contributed by atoms with van der Waals surface area (Å²) >= 11 is 0. The first-order valence-electron chi connectivity index (χ1n) is 11.4. The minimum Gasteiger partial charge on any atom is -0.480 e. The standard InChI is InChI=1S/C25H33N3O6/c29-23(30)18-26-14-7-8-16-28(25(32)34-20-22-12-5-2-6-13-22)17-9-15-27-24(31)33-19-21-10-3-1-4-11-21/h1-6,10-13,26H,7-9,14-20H2,(H,27,31)(H,29,30). The van der Waals surface area contributed by atoms with Crippen LogP contribution in [0.4, 0.5) is 9.59 Å². The zero-order chi connectivity index (χ0) is 24.4. The second-order valence-electron chi connectivity index (χ2n) is 7.65. The lowest BCUT2D eigenvalue weighted by Gasteiger charge is -2.22. The largest absolute Gasteiger partial charge is 0.480 e. The van der Waals surface area contributed by atoms with Crippen molar-refractivity contribution in [3.8, 4) is 0 Å². The minimum absolute atomic E-state index is 0.0884. The third kappa shape index (κ3) is 11.9. The Labute approximate surface area is 200 Å². The van der Waals surface area contributed by atoms with Crippen LogP contribution in [0, 0.1) is 0 Å². The maximum atomic E-state index is 12.6. The zero-order valence-electron chi connectivity index (χ0n) is 19.3. The van der Waals surface area contributed by atoms with Crippen molar-refractivity contribution in [2.45, 2.75) is 32.5 Å². The Balaban J connectivity index is 1.71. The first kappa shape index (κ1) is 26.7. The number of nitrogens with zero attached hydrogens (tertiary/aromatic N) is 1. The lowest BCUT2D eigenvalue weighted by molar-refractivity contribution is -0.135. The second kappa shape index (κ2) is 16.1. The van der Waals surface area contributed by atoms with Crippen LogP contribution in [0.5, 0.6) is 0 Å². The molecule has 0 bridgehead atoms. The van der Waals surface area contributed by atoms with Crippen LogP contribution in [0.25, 0.3) is 0 Å². The summed E-state index contributed by atoms with van der Waals surface area (Å²) in [5.74, 6) is -0.902. The van der Waals surface area contributed by atoms with Gasteiger partial charge >= 0.3 is 18.2 Å². The van der Waals surface area contributed by atoms with Gasteiger partial charge in [0.1, 0.15) is 13.2 Å². The van der Waals surface area contributed by atoms with E-state index in [2.05, 4.69) is 10.6 Å². The van der Waals surface area contributed by atoms with Gasteiger partial charge in [-0.15, -0.1) is 0 Å². The monoisotopic (exact) mass is 471 g/mol. The van der Waals surface area contributed by atoms with Gasteiger partial charge in [-0.05, 0) is 36.9 Å². The fourth-order valence-electron chi connectivity index (χ4n) is 3.09. The molecule has 2 aromatic rings. The number of benzene rings is 2. The Morgan fingerprint density at radius 2 is 1.35 bits per heavy atom. The highest BCUT2D eigenvalue weighted by atomic mass is 16.6. The van der Waals surface area contributed by atoms with E-state index < -0.39 is 18.2 Å². The molecule has 9 heteroatoms. The predicted octanol–water partition coefficient (Wildman–Crippen LogP) is 3.40. The van der Waals surface area contributed by atoms with Crippen molar-refractivity contribution in [2.75, 3.05) is 32.7 Å². The number of carboxylic acid groups (broad SMARTS) is 1. The van der Waals surface area contributed by atoms with Crippen molar-refractivity contribution >= 4 is 18.2 Å². The van der Waals surface area contributed by atoms with Crippen molar-refractivity contribution < 1.29 is 29.0 Å². The van der Waals surface area contributed by atoms with Gasteiger partial charge in [0.05, 0.1) is 6.54 Å². The van der Waals surface area contributed by atoms with Gasteiger partial charge in [0.15, 0.2) is 0 Å². The molecule has 184 valence electrons. The number of ether oxygens (including phenoxy) is 2. The van der Waals surface area contributed by atoms with Crippen LogP contribution in [0.15, 0.2) is 60.7 Å². The molecule has 34 heavy (non-hydrogen) atoms. The Morgan fingerprint density at radius 3 is 1.97 bits per heavy atom. The van der Waals surface area contributed by atoms with Gasteiger partial charge < -0.3 is 30.1 Å². The number of amides is 2. The molecule has 2 aromatic carbocycles. The quantitative estimate of drug-likeness (QED) is 0.341. The summed E-state index contributed by atoms with van der Waals surface area (Å²) in [6.45, 7) is 2.08. The number of unbranched alkanes of at least 4 members (excludes halogenated alkanes) is 1. The van der Waals surface area contributed by atoms with E-state index in [1.54, 1.807) is 4.90 Å². The molecule has 0 fully saturated rings. The van der Waals surface area contributed by atoms with E-state index in [-0.39, 0.29) is 19.8 Å². The SMILES string of the molecule is O=C(O)CNCCCCN(CCCNC(=O)OCc1ccccc1)C(=O)OCc1ccccc1. The van der Waals surface area contributed by atoms with Crippen LogP contribution in [0.1, 0.15) is 30.4 Å². The normalized spacial score (nSPS) is 10.4. The molecule has 0 aliphatic carbocycles. The molecular weight excluding hydrogens is 438 g/mol. The molecule has 0 aromatic heterocycles. The van der Waals surface area contributed by atoms with E-state index in [4.69, 9.17) is 14.6 Å². The van der Waals surface area contributed by atoms with Crippen molar-refractivity contribution in [2.24, 2.45) is 0 Å². The van der Waals surface area contributed by atoms with Crippen LogP contribution in [0.3, 0.4) is 0 Å². The van der Waals surface area contributed by atoms with Gasteiger partial charge in [-0.2, -0.15) is 0 Å². The number of aliphatic carboxylic acids is 1. The fourth-order valence-corrected chi connectivity index (χ4v) is 3.09. The Morgan fingerprint density at radius 1 is 0.765 bits per heavy atom. The number of carbonyl (C=O) groups is 3. The van der Waals surface area contributed by atoms with E-state index in [0.717, 1.165) is 17.5 Å². The molecule has 3 N–H and O–H groups in total. The van der Waals surface area contributed by atoms with Gasteiger partial charge in [-0.25, -0.2) is 9.59 Å². The molecule has 2 amide bonds. The van der Waals surface area contributed by atoms with Gasteiger partial charge in [-0.3, -0.25) is 4.79 Å². The van der Waals surface area contributed by atoms with Gasteiger partial charge in [0.25, 0.3) is 0 Å². The molecule has 9 nitrogen and oxygen atoms in total. The molecule has 0 atom stereocenters. The number of carbonyl (C=O) groups excluding carboxylic acids is 2. The highest BCUT2D eigenvalue weighted by Crippen LogP contribution is 2.06. The maximum Gasteiger partial charge on any atom is 0.410 e. The number of hydrogen-bond acceptors (Lipinski definition) is 6. The Hall–Kier alpha value is -3.59. The Bertz CT molecular complexity index is 863. The molecule has 2 rings (SSSR count). The van der Waals surface area contributed by atoms with Gasteiger partial charge in [-0.1, -0.05) is 60.7 Å². The highest BCUT2D eigenvalue weighted by Gasteiger charge is 2.15. The maximum absolute atomic E-state index is 12.6. The number of rotatable bonds is 15. The van der Waals surface area contributed by atoms with Crippen molar-refractivity contribution in [1.82, 2.24) is 15.5 Å². The average Bonchev–Trinajstić information content (AvgIpc) is 2.85. The van der Waals surface area contributed by atoms with Crippen LogP contribution in [-0.2, 0) is 27.5 Å². The summed E-state index contributed by atoms with van der Waals surface area (Å²) in [6, 6.07) is 18.8. The summed E-state index contributed by atoms with van der Waals surface area (Å²) < 4.78 is 10.6. The summed E-state index contributed by atoms with van der Waals surface area (Å²) in [5, 5.41) is 14.2. The molecule has 0 heterocycles. The molecule has 0 spiro atoms. The summed E-state index contributed by atoms with van der Waals surface area (Å²) in [5.41, 5.74) is 1.80. The molecule has 0 aliphatic heterocycles. The molecule has 0 unspecified atom stereocenters. The fraction of sp³-hybridized carbons (Fsp3) is 0.400. The van der Waals surface area contributed by atoms with Crippen molar-refractivity contribution in [1.29, 1.82) is 0 Å². The van der Waals surface area contributed by atoms with E-state index >= 15 is 0 Å². The second-order valence-corrected chi connectivity index (χ2v) is 7.65. The van der Waals surface area contributed by atoms with E-state index in [9.17, 15) is 14.4 Å². The molecule has 0 saturated heterocycles.